The van der Waals surface area contributed by atoms with Crippen molar-refractivity contribution in [3.63, 3.8) is 0 Å². The number of halogens is 2. The lowest BCUT2D eigenvalue weighted by molar-refractivity contribution is 0.207. The molecule has 112 valence electrons. The molecule has 0 aromatic heterocycles. The van der Waals surface area contributed by atoms with Crippen molar-refractivity contribution < 1.29 is 9.50 Å². The van der Waals surface area contributed by atoms with Gasteiger partial charge in [-0.05, 0) is 54.8 Å². The fraction of sp³-hybridized carbons (Fsp3) is 0.294. The quantitative estimate of drug-likeness (QED) is 0.824. The van der Waals surface area contributed by atoms with E-state index in [2.05, 4.69) is 21.2 Å². The summed E-state index contributed by atoms with van der Waals surface area (Å²) in [7, 11) is 0. The van der Waals surface area contributed by atoms with Gasteiger partial charge in [0.15, 0.2) is 0 Å². The summed E-state index contributed by atoms with van der Waals surface area (Å²) in [5.74, 6) is -0.283. The summed E-state index contributed by atoms with van der Waals surface area (Å²) < 4.78 is 14.5. The van der Waals surface area contributed by atoms with Crippen LogP contribution < -0.4 is 5.32 Å². The molecule has 2 aromatic rings. The Bertz CT molecular complexity index is 606. The van der Waals surface area contributed by atoms with Crippen LogP contribution >= 0.6 is 15.9 Å². The van der Waals surface area contributed by atoms with Crippen LogP contribution in [0.25, 0.3) is 0 Å². The van der Waals surface area contributed by atoms with Crippen molar-refractivity contribution in [1.29, 1.82) is 0 Å². The smallest absolute Gasteiger partial charge is 0.125 e. The van der Waals surface area contributed by atoms with E-state index in [-0.39, 0.29) is 12.4 Å². The molecule has 0 aliphatic carbocycles. The van der Waals surface area contributed by atoms with Gasteiger partial charge in [-0.3, -0.25) is 0 Å². The van der Waals surface area contributed by atoms with E-state index < -0.39 is 5.54 Å². The Morgan fingerprint density at radius 3 is 2.57 bits per heavy atom. The lowest BCUT2D eigenvalue weighted by Gasteiger charge is -2.34. The van der Waals surface area contributed by atoms with Gasteiger partial charge in [0.1, 0.15) is 5.82 Å². The second-order valence-corrected chi connectivity index (χ2v) is 6.16. The maximum atomic E-state index is 13.6. The molecule has 2 nitrogen and oxygen atoms in total. The van der Waals surface area contributed by atoms with Crippen LogP contribution in [0.3, 0.4) is 0 Å². The molecule has 1 atom stereocenters. The molecule has 0 fully saturated rings. The summed E-state index contributed by atoms with van der Waals surface area (Å²) in [6.07, 6.45) is 0.676. The molecule has 2 rings (SSSR count). The summed E-state index contributed by atoms with van der Waals surface area (Å²) in [6.45, 7) is 3.77. The Hall–Kier alpha value is -1.39. The highest BCUT2D eigenvalue weighted by Crippen LogP contribution is 2.31. The minimum atomic E-state index is -0.635. The Kier molecular flexibility index (Phi) is 5.01. The van der Waals surface area contributed by atoms with Gasteiger partial charge in [-0.2, -0.15) is 0 Å². The molecule has 0 amide bonds. The van der Waals surface area contributed by atoms with Gasteiger partial charge < -0.3 is 10.4 Å². The number of hydrogen-bond acceptors (Lipinski definition) is 2. The standard InChI is InChI=1S/C17H19BrFNO/c1-3-17(11-21,13-5-4-6-14(18)9-13)20-16-8-12(2)7-15(19)10-16/h4-10,20-21H,3,11H2,1-2H3. The molecule has 0 radical (unpaired) electrons. The summed E-state index contributed by atoms with van der Waals surface area (Å²) in [6, 6.07) is 12.6. The number of aliphatic hydroxyl groups excluding tert-OH is 1. The van der Waals surface area contributed by atoms with Gasteiger partial charge in [-0.1, -0.05) is 35.0 Å². The van der Waals surface area contributed by atoms with Crippen molar-refractivity contribution in [2.24, 2.45) is 0 Å². The molecular formula is C17H19BrFNO. The third-order valence-electron chi connectivity index (χ3n) is 3.68. The molecule has 0 bridgehead atoms. The zero-order valence-electron chi connectivity index (χ0n) is 12.2. The molecule has 2 N–H and O–H groups in total. The van der Waals surface area contributed by atoms with Gasteiger partial charge in [-0.15, -0.1) is 0 Å². The minimum Gasteiger partial charge on any atom is -0.394 e. The molecule has 0 heterocycles. The topological polar surface area (TPSA) is 32.3 Å². The lowest BCUT2D eigenvalue weighted by atomic mass is 9.87. The van der Waals surface area contributed by atoms with Crippen LogP contribution in [0.15, 0.2) is 46.9 Å². The Morgan fingerprint density at radius 1 is 1.24 bits per heavy atom. The Balaban J connectivity index is 2.42. The van der Waals surface area contributed by atoms with E-state index in [1.807, 2.05) is 44.2 Å². The molecule has 0 saturated heterocycles. The SMILES string of the molecule is CCC(CO)(Nc1cc(C)cc(F)c1)c1cccc(Br)c1. The zero-order chi connectivity index (χ0) is 15.5. The summed E-state index contributed by atoms with van der Waals surface area (Å²) in [5, 5.41) is 13.3. The Morgan fingerprint density at radius 2 is 2.00 bits per heavy atom. The van der Waals surface area contributed by atoms with Gasteiger partial charge >= 0.3 is 0 Å². The van der Waals surface area contributed by atoms with Crippen molar-refractivity contribution >= 4 is 21.6 Å². The molecule has 4 heteroatoms. The third kappa shape index (κ3) is 3.63. The number of aliphatic hydroxyl groups is 1. The number of anilines is 1. The van der Waals surface area contributed by atoms with Crippen molar-refractivity contribution in [1.82, 2.24) is 0 Å². The fourth-order valence-corrected chi connectivity index (χ4v) is 2.88. The highest BCUT2D eigenvalue weighted by Gasteiger charge is 2.29. The average molecular weight is 352 g/mol. The van der Waals surface area contributed by atoms with Gasteiger partial charge in [-0.25, -0.2) is 4.39 Å². The van der Waals surface area contributed by atoms with Crippen LogP contribution in [0.2, 0.25) is 0 Å². The molecule has 0 aliphatic rings. The maximum Gasteiger partial charge on any atom is 0.125 e. The van der Waals surface area contributed by atoms with Crippen molar-refractivity contribution in [3.8, 4) is 0 Å². The minimum absolute atomic E-state index is 0.0739. The van der Waals surface area contributed by atoms with E-state index in [9.17, 15) is 9.50 Å². The monoisotopic (exact) mass is 351 g/mol. The first kappa shape index (κ1) is 16.0. The first-order valence-electron chi connectivity index (χ1n) is 6.91. The Labute approximate surface area is 133 Å². The van der Waals surface area contributed by atoms with E-state index in [1.165, 1.54) is 12.1 Å². The van der Waals surface area contributed by atoms with Crippen LogP contribution in [0.4, 0.5) is 10.1 Å². The summed E-state index contributed by atoms with van der Waals surface area (Å²) in [4.78, 5) is 0. The van der Waals surface area contributed by atoms with Crippen LogP contribution in [0, 0.1) is 12.7 Å². The van der Waals surface area contributed by atoms with Gasteiger partial charge in [0.2, 0.25) is 0 Å². The zero-order valence-corrected chi connectivity index (χ0v) is 13.7. The second kappa shape index (κ2) is 6.58. The first-order valence-corrected chi connectivity index (χ1v) is 7.70. The van der Waals surface area contributed by atoms with Crippen molar-refractivity contribution in [2.45, 2.75) is 25.8 Å². The third-order valence-corrected chi connectivity index (χ3v) is 4.17. The first-order chi connectivity index (χ1) is 9.99. The maximum absolute atomic E-state index is 13.6. The molecule has 1 unspecified atom stereocenters. The predicted molar refractivity (Wildman–Crippen MR) is 88.0 cm³/mol. The number of benzene rings is 2. The molecule has 0 aliphatic heterocycles. The van der Waals surface area contributed by atoms with E-state index >= 15 is 0 Å². The lowest BCUT2D eigenvalue weighted by Crippen LogP contribution is -2.38. The predicted octanol–water partition coefficient (Wildman–Crippen LogP) is 4.61. The number of nitrogens with one attached hydrogen (secondary N) is 1. The average Bonchev–Trinajstić information content (AvgIpc) is 2.44. The van der Waals surface area contributed by atoms with Gasteiger partial charge in [0.05, 0.1) is 12.1 Å². The highest BCUT2D eigenvalue weighted by molar-refractivity contribution is 9.10. The molecule has 21 heavy (non-hydrogen) atoms. The molecule has 0 spiro atoms. The van der Waals surface area contributed by atoms with Crippen LogP contribution in [0.1, 0.15) is 24.5 Å². The number of hydrogen-bond donors (Lipinski definition) is 2. The van der Waals surface area contributed by atoms with Crippen LogP contribution in [-0.2, 0) is 5.54 Å². The van der Waals surface area contributed by atoms with E-state index in [0.29, 0.717) is 12.1 Å². The summed E-state index contributed by atoms with van der Waals surface area (Å²) in [5.41, 5.74) is 1.84. The number of aryl methyl sites for hydroxylation is 1. The highest BCUT2D eigenvalue weighted by atomic mass is 79.9. The van der Waals surface area contributed by atoms with E-state index in [4.69, 9.17) is 0 Å². The largest absolute Gasteiger partial charge is 0.394 e. The second-order valence-electron chi connectivity index (χ2n) is 5.25. The van der Waals surface area contributed by atoms with Crippen molar-refractivity contribution in [2.75, 3.05) is 11.9 Å². The van der Waals surface area contributed by atoms with Crippen LogP contribution in [-0.4, -0.2) is 11.7 Å². The summed E-state index contributed by atoms with van der Waals surface area (Å²) >= 11 is 3.45. The molecule has 0 saturated carbocycles. The van der Waals surface area contributed by atoms with Gasteiger partial charge in [0.25, 0.3) is 0 Å². The molecular weight excluding hydrogens is 333 g/mol. The van der Waals surface area contributed by atoms with Crippen LogP contribution in [0.5, 0.6) is 0 Å². The normalized spacial score (nSPS) is 13.8. The molecule has 2 aromatic carbocycles. The van der Waals surface area contributed by atoms with E-state index in [0.717, 1.165) is 15.6 Å². The number of rotatable bonds is 5. The fourth-order valence-electron chi connectivity index (χ4n) is 2.48. The van der Waals surface area contributed by atoms with E-state index in [1.54, 1.807) is 0 Å². The van der Waals surface area contributed by atoms with Gasteiger partial charge in [0, 0.05) is 10.2 Å². The van der Waals surface area contributed by atoms with Crippen molar-refractivity contribution in [3.05, 3.63) is 63.9 Å².